The summed E-state index contributed by atoms with van der Waals surface area (Å²) < 4.78 is 0. The van der Waals surface area contributed by atoms with E-state index >= 15 is 0 Å². The van der Waals surface area contributed by atoms with Crippen LogP contribution in [0, 0.1) is 6.92 Å². The highest BCUT2D eigenvalue weighted by Gasteiger charge is 2.15. The number of hydrogen-bond donors (Lipinski definition) is 1. The molecule has 1 aliphatic heterocycles. The van der Waals surface area contributed by atoms with Crippen molar-refractivity contribution in [2.75, 3.05) is 23.7 Å². The lowest BCUT2D eigenvalue weighted by Crippen LogP contribution is -2.37. The first-order valence-corrected chi connectivity index (χ1v) is 4.38. The Morgan fingerprint density at radius 3 is 2.58 bits per heavy atom. The van der Waals surface area contributed by atoms with Crippen LogP contribution in [-0.2, 0) is 0 Å². The first-order valence-electron chi connectivity index (χ1n) is 4.38. The van der Waals surface area contributed by atoms with Gasteiger partial charge in [0.05, 0.1) is 0 Å². The summed E-state index contributed by atoms with van der Waals surface area (Å²) in [5.74, 6) is 0. The average molecular weight is 162 g/mol. The molecule has 0 atom stereocenters. The van der Waals surface area contributed by atoms with E-state index in [-0.39, 0.29) is 0 Å². The molecule has 0 saturated carbocycles. The van der Waals surface area contributed by atoms with Crippen LogP contribution in [0.3, 0.4) is 0 Å². The molecule has 0 unspecified atom stereocenters. The predicted octanol–water partition coefficient (Wildman–Crippen LogP) is 1.79. The summed E-state index contributed by atoms with van der Waals surface area (Å²) >= 11 is 0. The molecule has 2 heteroatoms. The topological polar surface area (TPSA) is 29.3 Å². The molecule has 1 aliphatic rings. The van der Waals surface area contributed by atoms with Gasteiger partial charge in [-0.25, -0.2) is 0 Å². The van der Waals surface area contributed by atoms with E-state index in [9.17, 15) is 0 Å². The van der Waals surface area contributed by atoms with Crippen molar-refractivity contribution >= 4 is 11.4 Å². The fourth-order valence-electron chi connectivity index (χ4n) is 1.59. The molecule has 12 heavy (non-hydrogen) atoms. The van der Waals surface area contributed by atoms with Crippen molar-refractivity contribution in [3.05, 3.63) is 23.8 Å². The van der Waals surface area contributed by atoms with Crippen LogP contribution >= 0.6 is 0 Å². The van der Waals surface area contributed by atoms with Crippen molar-refractivity contribution in [1.82, 2.24) is 0 Å². The van der Waals surface area contributed by atoms with Gasteiger partial charge < -0.3 is 10.6 Å². The Labute approximate surface area is 73.0 Å². The van der Waals surface area contributed by atoms with Crippen LogP contribution in [0.2, 0.25) is 0 Å². The second-order valence-electron chi connectivity index (χ2n) is 3.39. The van der Waals surface area contributed by atoms with Gasteiger partial charge in [-0.2, -0.15) is 0 Å². The second-order valence-corrected chi connectivity index (χ2v) is 3.39. The molecular weight excluding hydrogens is 148 g/mol. The number of aryl methyl sites for hydroxylation is 1. The van der Waals surface area contributed by atoms with E-state index in [4.69, 9.17) is 5.73 Å². The van der Waals surface area contributed by atoms with Crippen molar-refractivity contribution in [2.24, 2.45) is 0 Å². The maximum Gasteiger partial charge on any atom is 0.0397 e. The number of benzene rings is 1. The van der Waals surface area contributed by atoms with Crippen molar-refractivity contribution in [3.8, 4) is 0 Å². The van der Waals surface area contributed by atoms with E-state index < -0.39 is 0 Å². The minimum atomic E-state index is 0.858. The van der Waals surface area contributed by atoms with Gasteiger partial charge in [0.1, 0.15) is 0 Å². The Balaban J connectivity index is 2.31. The third kappa shape index (κ3) is 1.13. The molecule has 1 fully saturated rings. The normalized spacial score (nSPS) is 15.9. The molecule has 2 rings (SSSR count). The summed E-state index contributed by atoms with van der Waals surface area (Å²) in [6.07, 6.45) is 1.32. The van der Waals surface area contributed by atoms with E-state index in [0.717, 1.165) is 5.69 Å². The highest BCUT2D eigenvalue weighted by atomic mass is 15.2. The quantitative estimate of drug-likeness (QED) is 0.638. The van der Waals surface area contributed by atoms with E-state index in [1.807, 2.05) is 12.1 Å². The Morgan fingerprint density at radius 2 is 2.08 bits per heavy atom. The van der Waals surface area contributed by atoms with Gasteiger partial charge >= 0.3 is 0 Å². The highest BCUT2D eigenvalue weighted by Crippen LogP contribution is 2.25. The standard InChI is InChI=1S/C10H14N2/c1-8-7-9(11)3-4-10(8)12-5-2-6-12/h3-4,7H,2,5-6,11H2,1H3. The zero-order valence-electron chi connectivity index (χ0n) is 7.38. The second kappa shape index (κ2) is 2.70. The van der Waals surface area contributed by atoms with Crippen LogP contribution < -0.4 is 10.6 Å². The molecule has 2 nitrogen and oxygen atoms in total. The van der Waals surface area contributed by atoms with Crippen molar-refractivity contribution in [2.45, 2.75) is 13.3 Å². The van der Waals surface area contributed by atoms with E-state index in [1.54, 1.807) is 0 Å². The molecule has 0 spiro atoms. The van der Waals surface area contributed by atoms with Crippen LogP contribution in [0.1, 0.15) is 12.0 Å². The average Bonchev–Trinajstić information content (AvgIpc) is 1.91. The van der Waals surface area contributed by atoms with Gasteiger partial charge in [0.25, 0.3) is 0 Å². The molecule has 1 aromatic carbocycles. The highest BCUT2D eigenvalue weighted by molar-refractivity contribution is 5.60. The molecule has 1 aromatic rings. The summed E-state index contributed by atoms with van der Waals surface area (Å²) in [6, 6.07) is 6.12. The number of nitrogens with zero attached hydrogens (tertiary/aromatic N) is 1. The minimum absolute atomic E-state index is 0.858. The fraction of sp³-hybridized carbons (Fsp3) is 0.400. The maximum absolute atomic E-state index is 5.67. The van der Waals surface area contributed by atoms with Crippen LogP contribution in [0.5, 0.6) is 0 Å². The number of nitrogen functional groups attached to an aromatic ring is 1. The SMILES string of the molecule is Cc1cc(N)ccc1N1CCC1. The Morgan fingerprint density at radius 1 is 1.33 bits per heavy atom. The largest absolute Gasteiger partial charge is 0.399 e. The van der Waals surface area contributed by atoms with Crippen molar-refractivity contribution in [1.29, 1.82) is 0 Å². The fourth-order valence-corrected chi connectivity index (χ4v) is 1.59. The monoisotopic (exact) mass is 162 g/mol. The van der Waals surface area contributed by atoms with Crippen LogP contribution in [0.4, 0.5) is 11.4 Å². The summed E-state index contributed by atoms with van der Waals surface area (Å²) in [5, 5.41) is 0. The molecule has 0 aromatic heterocycles. The number of rotatable bonds is 1. The van der Waals surface area contributed by atoms with Gasteiger partial charge in [0.2, 0.25) is 0 Å². The van der Waals surface area contributed by atoms with Crippen LogP contribution in [-0.4, -0.2) is 13.1 Å². The lowest BCUT2D eigenvalue weighted by atomic mass is 10.1. The van der Waals surface area contributed by atoms with Crippen LogP contribution in [0.25, 0.3) is 0 Å². The zero-order chi connectivity index (χ0) is 8.55. The third-order valence-corrected chi connectivity index (χ3v) is 2.42. The molecule has 0 aliphatic carbocycles. The Hall–Kier alpha value is -1.18. The van der Waals surface area contributed by atoms with Crippen LogP contribution in [0.15, 0.2) is 18.2 Å². The number of anilines is 2. The lowest BCUT2D eigenvalue weighted by molar-refractivity contribution is 0.616. The van der Waals surface area contributed by atoms with E-state index in [2.05, 4.69) is 17.9 Å². The molecule has 1 heterocycles. The summed E-state index contributed by atoms with van der Waals surface area (Å²) in [6.45, 7) is 4.51. The lowest BCUT2D eigenvalue weighted by Gasteiger charge is -2.34. The number of hydrogen-bond acceptors (Lipinski definition) is 2. The summed E-state index contributed by atoms with van der Waals surface area (Å²) in [4.78, 5) is 2.38. The summed E-state index contributed by atoms with van der Waals surface area (Å²) in [7, 11) is 0. The molecular formula is C10H14N2. The van der Waals surface area contributed by atoms with Gasteiger partial charge in [-0.3, -0.25) is 0 Å². The van der Waals surface area contributed by atoms with E-state index in [1.165, 1.54) is 30.8 Å². The number of nitrogens with two attached hydrogens (primary N) is 1. The molecule has 0 amide bonds. The van der Waals surface area contributed by atoms with Crippen molar-refractivity contribution in [3.63, 3.8) is 0 Å². The zero-order valence-corrected chi connectivity index (χ0v) is 7.38. The first kappa shape index (κ1) is 7.47. The summed E-state index contributed by atoms with van der Waals surface area (Å²) in [5.41, 5.74) is 9.16. The Bertz CT molecular complexity index is 290. The third-order valence-electron chi connectivity index (χ3n) is 2.42. The van der Waals surface area contributed by atoms with Gasteiger partial charge in [0.15, 0.2) is 0 Å². The van der Waals surface area contributed by atoms with Gasteiger partial charge in [0, 0.05) is 24.5 Å². The predicted molar refractivity (Wildman–Crippen MR) is 52.4 cm³/mol. The Kier molecular flexibility index (Phi) is 1.68. The van der Waals surface area contributed by atoms with E-state index in [0.29, 0.717) is 0 Å². The smallest absolute Gasteiger partial charge is 0.0397 e. The molecule has 64 valence electrons. The molecule has 1 saturated heterocycles. The first-order chi connectivity index (χ1) is 5.77. The van der Waals surface area contributed by atoms with Gasteiger partial charge in [-0.1, -0.05) is 0 Å². The molecule has 2 N–H and O–H groups in total. The minimum Gasteiger partial charge on any atom is -0.399 e. The molecule has 0 radical (unpaired) electrons. The van der Waals surface area contributed by atoms with Crippen molar-refractivity contribution < 1.29 is 0 Å². The van der Waals surface area contributed by atoms with Gasteiger partial charge in [-0.15, -0.1) is 0 Å². The maximum atomic E-state index is 5.67. The van der Waals surface area contributed by atoms with Gasteiger partial charge in [-0.05, 0) is 37.1 Å². The molecule has 0 bridgehead atoms.